The lowest BCUT2D eigenvalue weighted by molar-refractivity contribution is 0.0815. The Hall–Kier alpha value is -4.28. The van der Waals surface area contributed by atoms with Crippen LogP contribution in [0, 0.1) is 6.92 Å². The molecule has 6 rings (SSSR count). The summed E-state index contributed by atoms with van der Waals surface area (Å²) in [4.78, 5) is 32.3. The van der Waals surface area contributed by atoms with Crippen LogP contribution in [0.25, 0.3) is 33.5 Å². The Kier molecular flexibility index (Phi) is 7.66. The van der Waals surface area contributed by atoms with Crippen molar-refractivity contribution in [2.75, 3.05) is 31.1 Å². The van der Waals surface area contributed by atoms with Gasteiger partial charge in [0.15, 0.2) is 0 Å². The molecule has 3 aromatic heterocycles. The van der Waals surface area contributed by atoms with E-state index in [4.69, 9.17) is 16.3 Å². The van der Waals surface area contributed by atoms with Crippen LogP contribution in [0.5, 0.6) is 0 Å². The number of aryl methyl sites for hydroxylation is 1. The van der Waals surface area contributed by atoms with Crippen LogP contribution in [0.3, 0.4) is 0 Å². The summed E-state index contributed by atoms with van der Waals surface area (Å²) < 4.78 is 6.40. The first kappa shape index (κ1) is 28.8. The fourth-order valence-corrected chi connectivity index (χ4v) is 5.58. The lowest BCUT2D eigenvalue weighted by atomic mass is 9.97. The Morgan fingerprint density at radius 3 is 2.44 bits per heavy atom. The van der Waals surface area contributed by atoms with Gasteiger partial charge in [-0.15, -0.1) is 0 Å². The number of benzene rings is 2. The number of rotatable bonds is 6. The van der Waals surface area contributed by atoms with E-state index in [0.29, 0.717) is 5.89 Å². The van der Waals surface area contributed by atoms with E-state index < -0.39 is 11.9 Å². The number of nitrogens with zero attached hydrogens (tertiary/aromatic N) is 6. The molecule has 2 aromatic carbocycles. The molecule has 1 saturated heterocycles. The van der Waals surface area contributed by atoms with Crippen molar-refractivity contribution in [1.82, 2.24) is 34.8 Å². The average Bonchev–Trinajstić information content (AvgIpc) is 3.69. The topological polar surface area (TPSA) is 116 Å². The van der Waals surface area contributed by atoms with Crippen LogP contribution in [0.1, 0.15) is 61.4 Å². The Labute approximate surface area is 255 Å². The number of amides is 1. The fourth-order valence-electron chi connectivity index (χ4n) is 5.40. The number of hydrogen-bond acceptors (Lipinski definition) is 8. The van der Waals surface area contributed by atoms with Crippen molar-refractivity contribution in [3.8, 4) is 22.5 Å². The molecular formula is C32H35ClN8O2. The molecule has 11 heteroatoms. The number of aromatic amines is 1. The number of halogens is 1. The molecule has 0 saturated carbocycles. The van der Waals surface area contributed by atoms with Gasteiger partial charge in [-0.05, 0) is 54.8 Å². The van der Waals surface area contributed by atoms with Crippen LogP contribution in [0.15, 0.2) is 59.4 Å². The summed E-state index contributed by atoms with van der Waals surface area (Å²) in [5.74, 6) is -0.202. The van der Waals surface area contributed by atoms with Gasteiger partial charge in [0.25, 0.3) is 5.82 Å². The van der Waals surface area contributed by atoms with Crippen molar-refractivity contribution >= 4 is 34.4 Å². The molecule has 0 spiro atoms. The van der Waals surface area contributed by atoms with Gasteiger partial charge in [0.05, 0.1) is 11.7 Å². The smallest absolute Gasteiger partial charge is 0.310 e. The monoisotopic (exact) mass is 598 g/mol. The SMILES string of the molecule is Cc1cc(-c2ncnc3[nH]c(-c4ccc(N5CCNCC5)cc4)cc23)ccc1[C@@H](C)N(Cl)C(=O)c1noc(C(C)(C)C)n1. The fraction of sp³-hybridized carbons (Fsp3) is 0.344. The summed E-state index contributed by atoms with van der Waals surface area (Å²) in [5.41, 5.74) is 7.35. The van der Waals surface area contributed by atoms with Crippen molar-refractivity contribution in [2.45, 2.75) is 46.1 Å². The van der Waals surface area contributed by atoms with E-state index in [9.17, 15) is 4.79 Å². The molecular weight excluding hydrogens is 564 g/mol. The molecule has 1 fully saturated rings. The van der Waals surface area contributed by atoms with Gasteiger partial charge in [0.2, 0.25) is 5.89 Å². The van der Waals surface area contributed by atoms with E-state index >= 15 is 0 Å². The van der Waals surface area contributed by atoms with Crippen LogP contribution in [0.2, 0.25) is 0 Å². The van der Waals surface area contributed by atoms with Gasteiger partial charge in [0.1, 0.15) is 12.0 Å². The maximum absolute atomic E-state index is 13.0. The quantitative estimate of drug-likeness (QED) is 0.227. The molecule has 0 unspecified atom stereocenters. The lowest BCUT2D eigenvalue weighted by Gasteiger charge is -2.29. The second-order valence-electron chi connectivity index (χ2n) is 12.0. The van der Waals surface area contributed by atoms with E-state index in [-0.39, 0.29) is 11.2 Å². The zero-order valence-electron chi connectivity index (χ0n) is 25.0. The van der Waals surface area contributed by atoms with E-state index in [1.165, 1.54) is 5.69 Å². The van der Waals surface area contributed by atoms with Crippen LogP contribution >= 0.6 is 11.8 Å². The summed E-state index contributed by atoms with van der Waals surface area (Å²) in [7, 11) is 0. The highest BCUT2D eigenvalue weighted by Gasteiger charge is 2.29. The number of carbonyl (C=O) groups is 1. The molecule has 1 aliphatic heterocycles. The van der Waals surface area contributed by atoms with Crippen molar-refractivity contribution in [2.24, 2.45) is 0 Å². The molecule has 1 aliphatic rings. The summed E-state index contributed by atoms with van der Waals surface area (Å²) in [6.45, 7) is 13.7. The first-order valence-corrected chi connectivity index (χ1v) is 14.8. The Morgan fingerprint density at radius 2 is 1.77 bits per heavy atom. The number of fused-ring (bicyclic) bond motifs is 1. The molecule has 2 N–H and O–H groups in total. The average molecular weight is 599 g/mol. The predicted octanol–water partition coefficient (Wildman–Crippen LogP) is 6.05. The number of piperazine rings is 1. The first-order chi connectivity index (χ1) is 20.6. The van der Waals surface area contributed by atoms with Crippen LogP contribution in [-0.4, -0.2) is 61.6 Å². The highest BCUT2D eigenvalue weighted by atomic mass is 35.5. The van der Waals surface area contributed by atoms with Gasteiger partial charge >= 0.3 is 5.91 Å². The zero-order valence-corrected chi connectivity index (χ0v) is 25.7. The van der Waals surface area contributed by atoms with Gasteiger partial charge in [0, 0.05) is 65.7 Å². The largest absolute Gasteiger partial charge is 0.369 e. The van der Waals surface area contributed by atoms with Crippen molar-refractivity contribution in [1.29, 1.82) is 0 Å². The van der Waals surface area contributed by atoms with Crippen LogP contribution in [0.4, 0.5) is 5.69 Å². The Bertz CT molecular complexity index is 1770. The maximum atomic E-state index is 13.0. The second kappa shape index (κ2) is 11.4. The zero-order chi connectivity index (χ0) is 30.3. The third kappa shape index (κ3) is 5.72. The summed E-state index contributed by atoms with van der Waals surface area (Å²) in [5, 5.41) is 8.18. The van der Waals surface area contributed by atoms with Gasteiger partial charge in [-0.25, -0.2) is 14.4 Å². The van der Waals surface area contributed by atoms with Crippen LogP contribution < -0.4 is 10.2 Å². The lowest BCUT2D eigenvalue weighted by Crippen LogP contribution is -2.43. The third-order valence-corrected chi connectivity index (χ3v) is 8.32. The van der Waals surface area contributed by atoms with Gasteiger partial charge < -0.3 is 19.7 Å². The number of nitrogens with one attached hydrogen (secondary N) is 2. The highest BCUT2D eigenvalue weighted by molar-refractivity contribution is 6.23. The number of H-pyrrole nitrogens is 1. The molecule has 0 radical (unpaired) electrons. The molecule has 5 aromatic rings. The molecule has 10 nitrogen and oxygen atoms in total. The summed E-state index contributed by atoms with van der Waals surface area (Å²) in [6.07, 6.45) is 1.58. The number of anilines is 1. The molecule has 4 heterocycles. The normalized spacial score (nSPS) is 14.7. The molecule has 0 aliphatic carbocycles. The van der Waals surface area contributed by atoms with E-state index in [1.807, 2.05) is 46.8 Å². The number of aromatic nitrogens is 5. The van der Waals surface area contributed by atoms with Crippen molar-refractivity contribution < 1.29 is 9.32 Å². The van der Waals surface area contributed by atoms with Gasteiger partial charge in [-0.2, -0.15) is 4.98 Å². The number of hydrogen-bond donors (Lipinski definition) is 2. The first-order valence-electron chi connectivity index (χ1n) is 14.4. The molecule has 222 valence electrons. The van der Waals surface area contributed by atoms with Crippen LogP contribution in [-0.2, 0) is 5.41 Å². The molecule has 1 amide bonds. The van der Waals surface area contributed by atoms with Crippen molar-refractivity contribution in [3.05, 3.63) is 77.7 Å². The van der Waals surface area contributed by atoms with E-state index in [0.717, 1.165) is 75.3 Å². The summed E-state index contributed by atoms with van der Waals surface area (Å²) >= 11 is 6.53. The third-order valence-electron chi connectivity index (χ3n) is 7.87. The molecule has 0 bridgehead atoms. The minimum Gasteiger partial charge on any atom is -0.369 e. The van der Waals surface area contributed by atoms with E-state index in [1.54, 1.807) is 6.33 Å². The van der Waals surface area contributed by atoms with Crippen molar-refractivity contribution in [3.63, 3.8) is 0 Å². The standard InChI is InChI=1S/C32H35ClN8O2/c1-19-16-22(8-11-24(19)20(2)41(33)30(42)29-38-31(43-39-29)32(3,4)5)27-25-17-26(37-28(25)36-18-35-27)21-6-9-23(10-7-21)40-14-12-34-13-15-40/h6-11,16-18,20,34H,12-15H2,1-5H3,(H,35,36,37)/t20-/m1/s1. The van der Waals surface area contributed by atoms with E-state index in [2.05, 4.69) is 71.7 Å². The second-order valence-corrected chi connectivity index (χ2v) is 12.4. The Balaban J connectivity index is 1.23. The van der Waals surface area contributed by atoms with Gasteiger partial charge in [-0.3, -0.25) is 4.79 Å². The van der Waals surface area contributed by atoms with Gasteiger partial charge in [-0.1, -0.05) is 50.2 Å². The molecule has 43 heavy (non-hydrogen) atoms. The maximum Gasteiger partial charge on any atom is 0.310 e. The molecule has 1 atom stereocenters. The predicted molar refractivity (Wildman–Crippen MR) is 168 cm³/mol. The minimum atomic E-state index is -0.518. The summed E-state index contributed by atoms with van der Waals surface area (Å²) in [6, 6.07) is 16.3. The Morgan fingerprint density at radius 1 is 1.05 bits per heavy atom. The number of carbonyl (C=O) groups excluding carboxylic acids is 1. The minimum absolute atomic E-state index is 0.0638. The highest BCUT2D eigenvalue weighted by Crippen LogP contribution is 2.34.